The fourth-order valence-corrected chi connectivity index (χ4v) is 3.79. The van der Waals surface area contributed by atoms with Crippen LogP contribution in [-0.2, 0) is 4.79 Å². The summed E-state index contributed by atoms with van der Waals surface area (Å²) in [6.45, 7) is 2.66. The predicted octanol–water partition coefficient (Wildman–Crippen LogP) is 3.49. The monoisotopic (exact) mass is 390 g/mol. The third-order valence-electron chi connectivity index (χ3n) is 5.37. The summed E-state index contributed by atoms with van der Waals surface area (Å²) < 4.78 is 14.5. The largest absolute Gasteiger partial charge is 0.352 e. The molecule has 0 N–H and O–H groups in total. The summed E-state index contributed by atoms with van der Waals surface area (Å²) in [6.07, 6.45) is 5.30. The first-order valence-electron chi connectivity index (χ1n) is 9.80. The molecule has 1 atom stereocenters. The molecule has 6 heteroatoms. The maximum atomic E-state index is 14.5. The van der Waals surface area contributed by atoms with Gasteiger partial charge in [-0.05, 0) is 17.2 Å². The molecular weight excluding hydrogens is 367 g/mol. The Morgan fingerprint density at radius 2 is 1.69 bits per heavy atom. The van der Waals surface area contributed by atoms with Crippen molar-refractivity contribution in [2.75, 3.05) is 31.1 Å². The predicted molar refractivity (Wildman–Crippen MR) is 110 cm³/mol. The summed E-state index contributed by atoms with van der Waals surface area (Å²) in [7, 11) is 0. The number of aromatic nitrogens is 2. The van der Waals surface area contributed by atoms with Crippen molar-refractivity contribution in [1.29, 1.82) is 0 Å². The zero-order valence-corrected chi connectivity index (χ0v) is 16.1. The molecule has 1 aromatic heterocycles. The van der Waals surface area contributed by atoms with Crippen LogP contribution >= 0.6 is 0 Å². The maximum Gasteiger partial charge on any atom is 0.223 e. The number of hydrogen-bond donors (Lipinski definition) is 0. The first-order chi connectivity index (χ1) is 14.2. The van der Waals surface area contributed by atoms with Gasteiger partial charge in [0, 0.05) is 50.9 Å². The highest BCUT2D eigenvalue weighted by molar-refractivity contribution is 5.78. The van der Waals surface area contributed by atoms with Gasteiger partial charge in [0.15, 0.2) is 0 Å². The molecule has 5 nitrogen and oxygen atoms in total. The Kier molecular flexibility index (Phi) is 5.79. The Morgan fingerprint density at radius 3 is 2.38 bits per heavy atom. The van der Waals surface area contributed by atoms with E-state index < -0.39 is 0 Å². The van der Waals surface area contributed by atoms with E-state index in [0.717, 1.165) is 11.4 Å². The molecule has 0 saturated carbocycles. The number of anilines is 1. The van der Waals surface area contributed by atoms with Crippen LogP contribution in [-0.4, -0.2) is 47.0 Å². The lowest BCUT2D eigenvalue weighted by atomic mass is 9.87. The van der Waals surface area contributed by atoms with Crippen molar-refractivity contribution in [1.82, 2.24) is 14.9 Å². The molecule has 1 fully saturated rings. The molecule has 0 radical (unpaired) electrons. The van der Waals surface area contributed by atoms with Crippen molar-refractivity contribution >= 4 is 11.7 Å². The molecule has 3 aromatic rings. The van der Waals surface area contributed by atoms with E-state index in [1.807, 2.05) is 41.3 Å². The minimum atomic E-state index is -0.303. The molecule has 1 aliphatic rings. The standard InChI is InChI=1S/C23H23FN4O/c24-21-9-5-4-8-19(21)20(18-6-2-1-3-7-18)16-23(29)28-14-12-27(13-15-28)22-17-25-10-11-26-22/h1-11,17,20H,12-16H2/t20-/m0/s1. The number of amides is 1. The molecule has 0 bridgehead atoms. The van der Waals surface area contributed by atoms with Gasteiger partial charge in [-0.15, -0.1) is 0 Å². The average Bonchev–Trinajstić information content (AvgIpc) is 2.79. The van der Waals surface area contributed by atoms with Crippen LogP contribution < -0.4 is 4.90 Å². The summed E-state index contributed by atoms with van der Waals surface area (Å²) in [6, 6.07) is 16.4. The minimum absolute atomic E-state index is 0.0425. The number of benzene rings is 2. The number of nitrogens with zero attached hydrogens (tertiary/aromatic N) is 4. The van der Waals surface area contributed by atoms with E-state index in [0.29, 0.717) is 31.7 Å². The molecule has 29 heavy (non-hydrogen) atoms. The maximum absolute atomic E-state index is 14.5. The number of piperazine rings is 1. The van der Waals surface area contributed by atoms with Gasteiger partial charge in [0.05, 0.1) is 6.20 Å². The summed E-state index contributed by atoms with van der Waals surface area (Å²) in [4.78, 5) is 25.5. The Hall–Kier alpha value is -3.28. The normalized spacial score (nSPS) is 15.2. The van der Waals surface area contributed by atoms with Crippen LogP contribution in [0.5, 0.6) is 0 Å². The summed E-state index contributed by atoms with van der Waals surface area (Å²) >= 11 is 0. The number of rotatable bonds is 5. The number of carbonyl (C=O) groups is 1. The molecule has 4 rings (SSSR count). The molecule has 1 aliphatic heterocycles. The molecule has 1 amide bonds. The van der Waals surface area contributed by atoms with Gasteiger partial charge in [0.2, 0.25) is 5.91 Å². The van der Waals surface area contributed by atoms with E-state index in [2.05, 4.69) is 14.9 Å². The smallest absolute Gasteiger partial charge is 0.223 e. The second-order valence-corrected chi connectivity index (χ2v) is 7.12. The molecule has 148 valence electrons. The topological polar surface area (TPSA) is 49.3 Å². The van der Waals surface area contributed by atoms with E-state index >= 15 is 0 Å². The Bertz CT molecular complexity index is 943. The van der Waals surface area contributed by atoms with Gasteiger partial charge in [-0.1, -0.05) is 48.5 Å². The molecular formula is C23H23FN4O. The Balaban J connectivity index is 1.47. The van der Waals surface area contributed by atoms with Crippen molar-refractivity contribution in [2.45, 2.75) is 12.3 Å². The van der Waals surface area contributed by atoms with E-state index in [1.165, 1.54) is 6.07 Å². The van der Waals surface area contributed by atoms with Gasteiger partial charge in [0.1, 0.15) is 11.6 Å². The highest BCUT2D eigenvalue weighted by Gasteiger charge is 2.26. The van der Waals surface area contributed by atoms with Gasteiger partial charge in [-0.25, -0.2) is 9.37 Å². The zero-order valence-electron chi connectivity index (χ0n) is 16.1. The fourth-order valence-electron chi connectivity index (χ4n) is 3.79. The van der Waals surface area contributed by atoms with Crippen LogP contribution in [0.1, 0.15) is 23.5 Å². The lowest BCUT2D eigenvalue weighted by Crippen LogP contribution is -2.49. The highest BCUT2D eigenvalue weighted by atomic mass is 19.1. The van der Waals surface area contributed by atoms with Crippen molar-refractivity contribution in [3.63, 3.8) is 0 Å². The lowest BCUT2D eigenvalue weighted by Gasteiger charge is -2.36. The second-order valence-electron chi connectivity index (χ2n) is 7.12. The average molecular weight is 390 g/mol. The second kappa shape index (κ2) is 8.82. The van der Waals surface area contributed by atoms with Gasteiger partial charge >= 0.3 is 0 Å². The van der Waals surface area contributed by atoms with Crippen LogP contribution in [0, 0.1) is 5.82 Å². The van der Waals surface area contributed by atoms with Gasteiger partial charge < -0.3 is 9.80 Å². The van der Waals surface area contributed by atoms with Crippen LogP contribution in [0.2, 0.25) is 0 Å². The van der Waals surface area contributed by atoms with Crippen molar-refractivity contribution in [3.8, 4) is 0 Å². The lowest BCUT2D eigenvalue weighted by molar-refractivity contribution is -0.131. The van der Waals surface area contributed by atoms with E-state index in [-0.39, 0.29) is 24.1 Å². The van der Waals surface area contributed by atoms with Crippen molar-refractivity contribution in [3.05, 3.63) is 90.1 Å². The van der Waals surface area contributed by atoms with Gasteiger partial charge in [-0.3, -0.25) is 9.78 Å². The number of halogens is 1. The van der Waals surface area contributed by atoms with Gasteiger partial charge in [-0.2, -0.15) is 0 Å². The molecule has 0 aliphatic carbocycles. The first-order valence-corrected chi connectivity index (χ1v) is 9.80. The Labute approximate surface area is 169 Å². The van der Waals surface area contributed by atoms with E-state index in [1.54, 1.807) is 30.7 Å². The number of carbonyl (C=O) groups excluding carboxylic acids is 1. The molecule has 2 aromatic carbocycles. The first kappa shape index (κ1) is 19.1. The van der Waals surface area contributed by atoms with Gasteiger partial charge in [0.25, 0.3) is 0 Å². The SMILES string of the molecule is O=C(C[C@@H](c1ccccc1)c1ccccc1F)N1CCN(c2cnccn2)CC1. The van der Waals surface area contributed by atoms with Crippen LogP contribution in [0.25, 0.3) is 0 Å². The minimum Gasteiger partial charge on any atom is -0.352 e. The summed E-state index contributed by atoms with van der Waals surface area (Å²) in [5.41, 5.74) is 1.51. The Morgan fingerprint density at radius 1 is 0.966 bits per heavy atom. The third kappa shape index (κ3) is 4.42. The van der Waals surface area contributed by atoms with Crippen LogP contribution in [0.4, 0.5) is 10.2 Å². The molecule has 0 spiro atoms. The van der Waals surface area contributed by atoms with E-state index in [4.69, 9.17) is 0 Å². The van der Waals surface area contributed by atoms with E-state index in [9.17, 15) is 9.18 Å². The zero-order chi connectivity index (χ0) is 20.1. The summed E-state index contributed by atoms with van der Waals surface area (Å²) in [5.74, 6) is 0.290. The fraction of sp³-hybridized carbons (Fsp3) is 0.261. The third-order valence-corrected chi connectivity index (χ3v) is 5.37. The highest BCUT2D eigenvalue weighted by Crippen LogP contribution is 2.30. The summed E-state index contributed by atoms with van der Waals surface area (Å²) in [5, 5.41) is 0. The molecule has 0 unspecified atom stereocenters. The quantitative estimate of drug-likeness (QED) is 0.669. The van der Waals surface area contributed by atoms with Crippen molar-refractivity contribution in [2.24, 2.45) is 0 Å². The molecule has 1 saturated heterocycles. The number of hydrogen-bond acceptors (Lipinski definition) is 4. The molecule has 2 heterocycles. The van der Waals surface area contributed by atoms with Crippen LogP contribution in [0.3, 0.4) is 0 Å². The van der Waals surface area contributed by atoms with Crippen molar-refractivity contribution < 1.29 is 9.18 Å². The van der Waals surface area contributed by atoms with Crippen LogP contribution in [0.15, 0.2) is 73.2 Å².